The molecule has 0 bridgehead atoms. The Kier molecular flexibility index (Phi) is 2.60. The minimum Gasteiger partial charge on any atom is -0.258 e. The molecule has 1 heterocycles. The number of tetrazole rings is 1. The summed E-state index contributed by atoms with van der Waals surface area (Å²) in [6.07, 6.45) is 1.15. The molecule has 0 aliphatic heterocycles. The van der Waals surface area contributed by atoms with Crippen molar-refractivity contribution in [2.75, 3.05) is 0 Å². The topological polar surface area (TPSA) is 86.7 Å². The fraction of sp³-hybridized carbons (Fsp3) is 0. The molecule has 0 saturated heterocycles. The lowest BCUT2D eigenvalue weighted by atomic mass is 10.2. The van der Waals surface area contributed by atoms with Gasteiger partial charge in [0.25, 0.3) is 5.69 Å². The monoisotopic (exact) mass is 287 g/mol. The maximum Gasteiger partial charge on any atom is 0.285 e. The summed E-state index contributed by atoms with van der Waals surface area (Å²) in [5, 5.41) is 20.7. The Labute approximate surface area is 96.2 Å². The van der Waals surface area contributed by atoms with Gasteiger partial charge in [0.2, 0.25) is 0 Å². The molecular formula is C7H3BrFN5O2. The third-order valence-corrected chi connectivity index (χ3v) is 2.44. The predicted octanol–water partition coefficient (Wildman–Crippen LogP) is 1.47. The predicted molar refractivity (Wildman–Crippen MR) is 53.5 cm³/mol. The summed E-state index contributed by atoms with van der Waals surface area (Å²) in [7, 11) is 0. The van der Waals surface area contributed by atoms with Crippen molar-refractivity contribution < 1.29 is 9.31 Å². The first-order valence-corrected chi connectivity index (χ1v) is 4.75. The van der Waals surface area contributed by atoms with Crippen LogP contribution in [0.5, 0.6) is 0 Å². The van der Waals surface area contributed by atoms with Gasteiger partial charge in [-0.1, -0.05) is 0 Å². The molecule has 0 fully saturated rings. The van der Waals surface area contributed by atoms with Crippen LogP contribution in [0, 0.1) is 15.9 Å². The van der Waals surface area contributed by atoms with Crippen LogP contribution >= 0.6 is 15.9 Å². The molecule has 82 valence electrons. The van der Waals surface area contributed by atoms with Crippen molar-refractivity contribution in [2.45, 2.75) is 0 Å². The molecule has 0 spiro atoms. The van der Waals surface area contributed by atoms with Gasteiger partial charge < -0.3 is 0 Å². The van der Waals surface area contributed by atoms with Crippen LogP contribution < -0.4 is 0 Å². The minimum atomic E-state index is -0.662. The van der Waals surface area contributed by atoms with Crippen LogP contribution in [0.3, 0.4) is 0 Å². The van der Waals surface area contributed by atoms with Crippen LogP contribution in [0.15, 0.2) is 22.9 Å². The molecule has 0 aliphatic carbocycles. The van der Waals surface area contributed by atoms with E-state index in [2.05, 4.69) is 31.5 Å². The number of aromatic nitrogens is 4. The fourth-order valence-electron chi connectivity index (χ4n) is 1.11. The Morgan fingerprint density at radius 2 is 2.25 bits per heavy atom. The highest BCUT2D eigenvalue weighted by molar-refractivity contribution is 9.10. The second-order valence-electron chi connectivity index (χ2n) is 2.77. The van der Waals surface area contributed by atoms with Crippen molar-refractivity contribution >= 4 is 21.6 Å². The summed E-state index contributed by atoms with van der Waals surface area (Å²) in [5.41, 5.74) is -0.341. The Balaban J connectivity index is 2.63. The largest absolute Gasteiger partial charge is 0.285 e. The summed E-state index contributed by atoms with van der Waals surface area (Å²) in [5.74, 6) is -0.662. The van der Waals surface area contributed by atoms with Gasteiger partial charge in [0.05, 0.1) is 9.40 Å². The van der Waals surface area contributed by atoms with Crippen LogP contribution in [-0.2, 0) is 0 Å². The lowest BCUT2D eigenvalue weighted by Crippen LogP contribution is -2.01. The number of rotatable bonds is 2. The molecular weight excluding hydrogens is 285 g/mol. The van der Waals surface area contributed by atoms with E-state index in [4.69, 9.17) is 0 Å². The van der Waals surface area contributed by atoms with E-state index in [0.29, 0.717) is 0 Å². The Morgan fingerprint density at radius 3 is 2.81 bits per heavy atom. The zero-order chi connectivity index (χ0) is 11.7. The maximum absolute atomic E-state index is 13.5. The Bertz CT molecular complexity index is 544. The number of benzene rings is 1. The highest BCUT2D eigenvalue weighted by Crippen LogP contribution is 2.29. The van der Waals surface area contributed by atoms with E-state index in [9.17, 15) is 14.5 Å². The van der Waals surface area contributed by atoms with Gasteiger partial charge in [0.15, 0.2) is 5.82 Å². The molecule has 1 aromatic carbocycles. The lowest BCUT2D eigenvalue weighted by molar-refractivity contribution is -0.385. The SMILES string of the molecule is O=[N+]([O-])c1cc(-n2cnnn2)c(F)cc1Br. The molecule has 1 aromatic heterocycles. The zero-order valence-electron chi connectivity index (χ0n) is 7.54. The molecule has 0 N–H and O–H groups in total. The standard InChI is InChI=1S/C7H3BrFN5O2/c8-4-1-5(9)7(2-6(4)14(15)16)13-3-10-11-12-13/h1-3H. The number of halogens is 2. The van der Waals surface area contributed by atoms with E-state index < -0.39 is 10.7 Å². The van der Waals surface area contributed by atoms with Crippen LogP contribution in [0.2, 0.25) is 0 Å². The van der Waals surface area contributed by atoms with Crippen molar-refractivity contribution in [3.05, 3.63) is 38.9 Å². The summed E-state index contributed by atoms with van der Waals surface area (Å²) in [4.78, 5) is 10.0. The number of nitro groups is 1. The zero-order valence-corrected chi connectivity index (χ0v) is 9.13. The third-order valence-electron chi connectivity index (χ3n) is 1.81. The molecule has 0 unspecified atom stereocenters. The smallest absolute Gasteiger partial charge is 0.258 e. The molecule has 9 heteroatoms. The van der Waals surface area contributed by atoms with Gasteiger partial charge in [0, 0.05) is 6.07 Å². The highest BCUT2D eigenvalue weighted by Gasteiger charge is 2.18. The average Bonchev–Trinajstić information content (AvgIpc) is 2.70. The molecule has 0 amide bonds. The van der Waals surface area contributed by atoms with Gasteiger partial charge in [-0.3, -0.25) is 10.1 Å². The van der Waals surface area contributed by atoms with Gasteiger partial charge >= 0.3 is 0 Å². The van der Waals surface area contributed by atoms with Crippen LogP contribution in [-0.4, -0.2) is 25.1 Å². The van der Waals surface area contributed by atoms with Gasteiger partial charge in [0.1, 0.15) is 12.0 Å². The minimum absolute atomic E-state index is 0.0619. The number of hydrogen-bond donors (Lipinski definition) is 0. The Hall–Kier alpha value is -1.90. The first-order valence-electron chi connectivity index (χ1n) is 3.96. The van der Waals surface area contributed by atoms with E-state index in [1.807, 2.05) is 0 Å². The summed E-state index contributed by atoms with van der Waals surface area (Å²) < 4.78 is 14.6. The van der Waals surface area contributed by atoms with E-state index in [1.165, 1.54) is 0 Å². The quantitative estimate of drug-likeness (QED) is 0.617. The van der Waals surface area contributed by atoms with Gasteiger partial charge in [-0.2, -0.15) is 4.68 Å². The van der Waals surface area contributed by atoms with Crippen LogP contribution in [0.1, 0.15) is 0 Å². The van der Waals surface area contributed by atoms with E-state index in [1.54, 1.807) is 0 Å². The molecule has 0 saturated carbocycles. The molecule has 2 rings (SSSR count). The molecule has 0 radical (unpaired) electrons. The number of hydrogen-bond acceptors (Lipinski definition) is 5. The third kappa shape index (κ3) is 1.76. The van der Waals surface area contributed by atoms with Crippen LogP contribution in [0.25, 0.3) is 5.69 Å². The second kappa shape index (κ2) is 3.93. The highest BCUT2D eigenvalue weighted by atomic mass is 79.9. The van der Waals surface area contributed by atoms with E-state index in [-0.39, 0.29) is 15.8 Å². The second-order valence-corrected chi connectivity index (χ2v) is 3.62. The van der Waals surface area contributed by atoms with E-state index in [0.717, 1.165) is 23.1 Å². The summed E-state index contributed by atoms with van der Waals surface area (Å²) >= 11 is 2.90. The van der Waals surface area contributed by atoms with Crippen molar-refractivity contribution in [3.8, 4) is 5.69 Å². The van der Waals surface area contributed by atoms with E-state index >= 15 is 0 Å². The van der Waals surface area contributed by atoms with Gasteiger partial charge in [-0.15, -0.1) is 5.10 Å². The van der Waals surface area contributed by atoms with Crippen molar-refractivity contribution in [3.63, 3.8) is 0 Å². The van der Waals surface area contributed by atoms with Gasteiger partial charge in [-0.05, 0) is 32.4 Å². The average molecular weight is 288 g/mol. The first kappa shape index (κ1) is 10.6. The van der Waals surface area contributed by atoms with Gasteiger partial charge in [-0.25, -0.2) is 4.39 Å². The first-order chi connectivity index (χ1) is 7.59. The Morgan fingerprint density at radius 1 is 1.50 bits per heavy atom. The molecule has 2 aromatic rings. The summed E-state index contributed by atoms with van der Waals surface area (Å²) in [6.45, 7) is 0. The number of nitrogens with zero attached hydrogens (tertiary/aromatic N) is 5. The molecule has 16 heavy (non-hydrogen) atoms. The van der Waals surface area contributed by atoms with Crippen molar-refractivity contribution in [2.24, 2.45) is 0 Å². The van der Waals surface area contributed by atoms with Crippen molar-refractivity contribution in [1.29, 1.82) is 0 Å². The molecule has 0 aliphatic rings. The van der Waals surface area contributed by atoms with Crippen molar-refractivity contribution in [1.82, 2.24) is 20.2 Å². The normalized spacial score (nSPS) is 10.4. The van der Waals surface area contributed by atoms with Crippen LogP contribution in [0.4, 0.5) is 10.1 Å². The fourth-order valence-corrected chi connectivity index (χ4v) is 1.57. The lowest BCUT2D eigenvalue weighted by Gasteiger charge is -2.02. The maximum atomic E-state index is 13.5. The molecule has 7 nitrogen and oxygen atoms in total. The summed E-state index contributed by atoms with van der Waals surface area (Å²) in [6, 6.07) is 2.05. The molecule has 0 atom stereocenters. The number of nitro benzene ring substituents is 1.